The van der Waals surface area contributed by atoms with E-state index in [0.717, 1.165) is 45.0 Å². The highest BCUT2D eigenvalue weighted by atomic mass is 32.1. The van der Waals surface area contributed by atoms with E-state index in [9.17, 15) is 15.3 Å². The molecular formula is C23H30N6O3S. The van der Waals surface area contributed by atoms with Gasteiger partial charge in [0.25, 0.3) is 0 Å². The van der Waals surface area contributed by atoms with Crippen molar-refractivity contribution < 1.29 is 15.3 Å². The van der Waals surface area contributed by atoms with Crippen LogP contribution in [0.3, 0.4) is 0 Å². The second kappa shape index (κ2) is 9.09. The average Bonchev–Trinajstić information content (AvgIpc) is 3.29. The van der Waals surface area contributed by atoms with Crippen molar-refractivity contribution >= 4 is 33.3 Å². The monoisotopic (exact) mass is 470 g/mol. The Hall–Kier alpha value is -2.40. The van der Waals surface area contributed by atoms with E-state index in [1.807, 2.05) is 19.9 Å². The quantitative estimate of drug-likeness (QED) is 0.353. The predicted octanol–water partition coefficient (Wildman–Crippen LogP) is 2.63. The van der Waals surface area contributed by atoms with Crippen LogP contribution in [0.1, 0.15) is 43.5 Å². The molecule has 0 aliphatic heterocycles. The zero-order chi connectivity index (χ0) is 23.1. The Morgan fingerprint density at radius 1 is 1.06 bits per heavy atom. The number of aliphatic hydroxyl groups is 3. The van der Waals surface area contributed by atoms with Gasteiger partial charge in [-0.1, -0.05) is 0 Å². The number of nitrogens with one attached hydrogen (secondary N) is 2. The first-order valence-corrected chi connectivity index (χ1v) is 12.4. The maximum absolute atomic E-state index is 10.7. The standard InChI is InChI=1S/C23H30N6O3S/c1-11-17(22-28-18-12(2)24-8-6-16(18)33-22)21(29-23(25-11)26-14-4-3-5-14)27-15-10-13(7-9-30)19(31)20(15)32/h6,8,13-15,19-20,30-32H,3-5,7,9-10H2,1-2H3,(H2,25,26,27,29)/t13-,15+,19+,20-/m0/s1. The fourth-order valence-corrected chi connectivity index (χ4v) is 5.83. The molecule has 3 heterocycles. The van der Waals surface area contributed by atoms with Gasteiger partial charge in [-0.3, -0.25) is 4.98 Å². The molecule has 0 aromatic carbocycles. The number of aromatic nitrogens is 4. The first-order chi connectivity index (χ1) is 15.9. The molecule has 2 saturated carbocycles. The lowest BCUT2D eigenvalue weighted by Gasteiger charge is -2.27. The van der Waals surface area contributed by atoms with Crippen molar-refractivity contribution in [3.63, 3.8) is 0 Å². The number of aliphatic hydroxyl groups excluding tert-OH is 3. The molecule has 0 amide bonds. The highest BCUT2D eigenvalue weighted by Gasteiger charge is 2.41. The van der Waals surface area contributed by atoms with Gasteiger partial charge < -0.3 is 26.0 Å². The fourth-order valence-electron chi connectivity index (χ4n) is 4.72. The summed E-state index contributed by atoms with van der Waals surface area (Å²) in [5, 5.41) is 38.1. The maximum atomic E-state index is 10.7. The molecule has 0 spiro atoms. The maximum Gasteiger partial charge on any atom is 0.225 e. The summed E-state index contributed by atoms with van der Waals surface area (Å²) in [4.78, 5) is 18.7. The van der Waals surface area contributed by atoms with Gasteiger partial charge in [-0.25, -0.2) is 9.97 Å². The largest absolute Gasteiger partial charge is 0.396 e. The second-order valence-electron chi connectivity index (χ2n) is 9.13. The summed E-state index contributed by atoms with van der Waals surface area (Å²) in [7, 11) is 0. The van der Waals surface area contributed by atoms with E-state index in [2.05, 4.69) is 15.6 Å². The molecule has 0 unspecified atom stereocenters. The van der Waals surface area contributed by atoms with Gasteiger partial charge in [0.15, 0.2) is 0 Å². The van der Waals surface area contributed by atoms with Crippen LogP contribution in [0, 0.1) is 19.8 Å². The normalized spacial score (nSPS) is 25.4. The van der Waals surface area contributed by atoms with Crippen molar-refractivity contribution in [3.8, 4) is 10.6 Å². The average molecular weight is 471 g/mol. The van der Waals surface area contributed by atoms with Gasteiger partial charge in [-0.15, -0.1) is 11.3 Å². The zero-order valence-corrected chi connectivity index (χ0v) is 19.6. The van der Waals surface area contributed by atoms with Crippen molar-refractivity contribution in [1.82, 2.24) is 19.9 Å². The van der Waals surface area contributed by atoms with Crippen LogP contribution in [0.25, 0.3) is 20.8 Å². The Kier molecular flexibility index (Phi) is 6.17. The number of pyridine rings is 1. The number of anilines is 2. The van der Waals surface area contributed by atoms with Crippen molar-refractivity contribution in [2.45, 2.75) is 70.2 Å². The summed E-state index contributed by atoms with van der Waals surface area (Å²) in [6.07, 6.45) is 4.35. The Morgan fingerprint density at radius 2 is 1.88 bits per heavy atom. The number of aryl methyl sites for hydroxylation is 2. The third kappa shape index (κ3) is 4.28. The van der Waals surface area contributed by atoms with Crippen LogP contribution in [-0.2, 0) is 0 Å². The van der Waals surface area contributed by atoms with E-state index in [0.29, 0.717) is 30.6 Å². The molecule has 5 rings (SSSR count). The summed E-state index contributed by atoms with van der Waals surface area (Å²) in [6, 6.07) is 1.95. The highest BCUT2D eigenvalue weighted by molar-refractivity contribution is 7.21. The second-order valence-corrected chi connectivity index (χ2v) is 10.2. The smallest absolute Gasteiger partial charge is 0.225 e. The lowest BCUT2D eigenvalue weighted by molar-refractivity contribution is 0.0124. The van der Waals surface area contributed by atoms with Crippen LogP contribution >= 0.6 is 11.3 Å². The topological polar surface area (TPSA) is 136 Å². The number of rotatable bonds is 7. The molecule has 2 aliphatic rings. The number of hydrogen-bond acceptors (Lipinski definition) is 10. The van der Waals surface area contributed by atoms with E-state index < -0.39 is 12.2 Å². The van der Waals surface area contributed by atoms with E-state index in [1.165, 1.54) is 6.42 Å². The molecule has 33 heavy (non-hydrogen) atoms. The van der Waals surface area contributed by atoms with Crippen molar-refractivity contribution in [1.29, 1.82) is 0 Å². The molecule has 0 bridgehead atoms. The predicted molar refractivity (Wildman–Crippen MR) is 128 cm³/mol. The molecule has 2 fully saturated rings. The number of hydrogen-bond donors (Lipinski definition) is 5. The van der Waals surface area contributed by atoms with Crippen LogP contribution in [-0.4, -0.2) is 66.2 Å². The first kappa shape index (κ1) is 22.4. The van der Waals surface area contributed by atoms with E-state index >= 15 is 0 Å². The number of thiazole rings is 1. The highest BCUT2D eigenvalue weighted by Crippen LogP contribution is 2.39. The van der Waals surface area contributed by atoms with Crippen molar-refractivity contribution in [3.05, 3.63) is 23.7 Å². The minimum atomic E-state index is -0.950. The molecule has 9 nitrogen and oxygen atoms in total. The lowest BCUT2D eigenvalue weighted by Crippen LogP contribution is -2.35. The third-order valence-corrected chi connectivity index (χ3v) is 7.89. The first-order valence-electron chi connectivity index (χ1n) is 11.6. The number of fused-ring (bicyclic) bond motifs is 1. The van der Waals surface area contributed by atoms with Crippen molar-refractivity contribution in [2.24, 2.45) is 5.92 Å². The molecule has 5 N–H and O–H groups in total. The van der Waals surface area contributed by atoms with Crippen LogP contribution in [0.5, 0.6) is 0 Å². The van der Waals surface area contributed by atoms with Gasteiger partial charge in [0.05, 0.1) is 33.8 Å². The lowest BCUT2D eigenvalue weighted by atomic mass is 9.93. The Morgan fingerprint density at radius 3 is 2.58 bits per heavy atom. The summed E-state index contributed by atoms with van der Waals surface area (Å²) in [5.41, 5.74) is 3.31. The summed E-state index contributed by atoms with van der Waals surface area (Å²) in [5.74, 6) is 0.981. The van der Waals surface area contributed by atoms with Gasteiger partial charge in [-0.2, -0.15) is 4.98 Å². The SMILES string of the molecule is Cc1nc(NC2CCC2)nc(N[C@@H]2C[C@H](CCO)[C@@H](O)[C@H]2O)c1-c1nc2c(C)nccc2s1. The molecule has 176 valence electrons. The number of nitrogens with zero attached hydrogens (tertiary/aromatic N) is 4. The van der Waals surface area contributed by atoms with Crippen LogP contribution in [0.4, 0.5) is 11.8 Å². The van der Waals surface area contributed by atoms with Gasteiger partial charge >= 0.3 is 0 Å². The van der Waals surface area contributed by atoms with Gasteiger partial charge in [0.2, 0.25) is 5.95 Å². The van der Waals surface area contributed by atoms with E-state index in [1.54, 1.807) is 17.5 Å². The molecule has 0 radical (unpaired) electrons. The van der Waals surface area contributed by atoms with Crippen LogP contribution < -0.4 is 10.6 Å². The van der Waals surface area contributed by atoms with E-state index in [-0.39, 0.29) is 18.6 Å². The molecular weight excluding hydrogens is 440 g/mol. The molecule has 0 saturated heterocycles. The Balaban J connectivity index is 1.54. The molecule has 2 aliphatic carbocycles. The summed E-state index contributed by atoms with van der Waals surface area (Å²) >= 11 is 1.56. The Bertz CT molecular complexity index is 1150. The van der Waals surface area contributed by atoms with Gasteiger partial charge in [0, 0.05) is 18.8 Å². The molecule has 3 aromatic heterocycles. The third-order valence-electron chi connectivity index (χ3n) is 6.86. The van der Waals surface area contributed by atoms with Gasteiger partial charge in [0.1, 0.15) is 22.4 Å². The molecule has 10 heteroatoms. The minimum absolute atomic E-state index is 0.0203. The van der Waals surface area contributed by atoms with Crippen LogP contribution in [0.15, 0.2) is 12.3 Å². The van der Waals surface area contributed by atoms with Crippen LogP contribution in [0.2, 0.25) is 0 Å². The molecule has 4 atom stereocenters. The van der Waals surface area contributed by atoms with Crippen molar-refractivity contribution in [2.75, 3.05) is 17.2 Å². The van der Waals surface area contributed by atoms with E-state index in [4.69, 9.17) is 15.0 Å². The summed E-state index contributed by atoms with van der Waals surface area (Å²) in [6.45, 7) is 3.87. The minimum Gasteiger partial charge on any atom is -0.396 e. The fraction of sp³-hybridized carbons (Fsp3) is 0.565. The van der Waals surface area contributed by atoms with Gasteiger partial charge in [-0.05, 0) is 57.9 Å². The summed E-state index contributed by atoms with van der Waals surface area (Å²) < 4.78 is 1.04. The zero-order valence-electron chi connectivity index (χ0n) is 18.8. The Labute approximate surface area is 196 Å². The molecule has 3 aromatic rings.